The summed E-state index contributed by atoms with van der Waals surface area (Å²) < 4.78 is 37.8. The van der Waals surface area contributed by atoms with Crippen molar-refractivity contribution in [2.45, 2.75) is 50.3 Å². The average Bonchev–Trinajstić information content (AvgIpc) is 2.68. The third-order valence-electron chi connectivity index (χ3n) is 4.80. The molecular formula is C15H20INO9S. The molecule has 0 unspecified atom stereocenters. The molecule has 0 N–H and O–H groups in total. The lowest BCUT2D eigenvalue weighted by molar-refractivity contribution is -0.183. The minimum absolute atomic E-state index is 0.0541. The molecule has 2 fully saturated rings. The number of carbonyl (C=O) groups is 4. The maximum absolute atomic E-state index is 12.4. The van der Waals surface area contributed by atoms with Crippen LogP contribution in [0.15, 0.2) is 0 Å². The van der Waals surface area contributed by atoms with E-state index in [0.717, 1.165) is 4.90 Å². The SMILES string of the molecule is CC(C)(C(=O)OCI)C(=O)OCOC(=O)[C@@H]1N2C(=O)C[C@H]2S(=O)(=O)C1(C)C. The van der Waals surface area contributed by atoms with Gasteiger partial charge in [-0.2, -0.15) is 0 Å². The van der Waals surface area contributed by atoms with E-state index in [1.165, 1.54) is 27.7 Å². The van der Waals surface area contributed by atoms with Crippen LogP contribution in [0.5, 0.6) is 0 Å². The second kappa shape index (κ2) is 7.18. The molecule has 2 atom stereocenters. The van der Waals surface area contributed by atoms with Crippen LogP contribution in [0.3, 0.4) is 0 Å². The van der Waals surface area contributed by atoms with Gasteiger partial charge in [0.2, 0.25) is 12.7 Å². The molecule has 0 saturated carbocycles. The minimum atomic E-state index is -3.74. The Balaban J connectivity index is 2.01. The Morgan fingerprint density at radius 1 is 1.19 bits per heavy atom. The van der Waals surface area contributed by atoms with Crippen molar-refractivity contribution in [3.63, 3.8) is 0 Å². The summed E-state index contributed by atoms with van der Waals surface area (Å²) in [6.45, 7) is 4.45. The Morgan fingerprint density at radius 3 is 2.26 bits per heavy atom. The van der Waals surface area contributed by atoms with Crippen molar-refractivity contribution in [2.75, 3.05) is 11.4 Å². The lowest BCUT2D eigenvalue weighted by Crippen LogP contribution is -2.57. The lowest BCUT2D eigenvalue weighted by Gasteiger charge is -2.36. The summed E-state index contributed by atoms with van der Waals surface area (Å²) >= 11 is 1.80. The predicted octanol–water partition coefficient (Wildman–Crippen LogP) is 0.126. The second-order valence-corrected chi connectivity index (χ2v) is 10.5. The molecule has 0 aromatic carbocycles. The van der Waals surface area contributed by atoms with Gasteiger partial charge in [0.15, 0.2) is 15.3 Å². The Labute approximate surface area is 169 Å². The van der Waals surface area contributed by atoms with Gasteiger partial charge in [-0.3, -0.25) is 14.4 Å². The van der Waals surface area contributed by atoms with Crippen molar-refractivity contribution >= 4 is 56.2 Å². The van der Waals surface area contributed by atoms with E-state index in [0.29, 0.717) is 0 Å². The molecule has 2 aliphatic heterocycles. The van der Waals surface area contributed by atoms with E-state index >= 15 is 0 Å². The van der Waals surface area contributed by atoms with Gasteiger partial charge >= 0.3 is 17.9 Å². The summed E-state index contributed by atoms with van der Waals surface area (Å²) in [7, 11) is -3.74. The largest absolute Gasteiger partial charge is 0.454 e. The highest BCUT2D eigenvalue weighted by Gasteiger charge is 2.68. The summed E-state index contributed by atoms with van der Waals surface area (Å²) in [5.74, 6) is -3.23. The van der Waals surface area contributed by atoms with Crippen LogP contribution in [0, 0.1) is 5.41 Å². The molecule has 2 rings (SSSR count). The number of alkyl halides is 1. The number of β-lactam (4-membered cyclic amide) rings is 1. The zero-order valence-corrected chi connectivity index (χ0v) is 18.2. The minimum Gasteiger partial charge on any atom is -0.454 e. The number of fused-ring (bicyclic) bond motifs is 1. The van der Waals surface area contributed by atoms with Gasteiger partial charge in [-0.15, -0.1) is 0 Å². The van der Waals surface area contributed by atoms with E-state index in [9.17, 15) is 27.6 Å². The van der Waals surface area contributed by atoms with Gasteiger partial charge in [0.05, 0.1) is 11.2 Å². The van der Waals surface area contributed by atoms with E-state index in [1.54, 1.807) is 22.6 Å². The van der Waals surface area contributed by atoms with Crippen LogP contribution < -0.4 is 0 Å². The summed E-state index contributed by atoms with van der Waals surface area (Å²) in [6.07, 6.45) is -0.169. The van der Waals surface area contributed by atoms with Crippen molar-refractivity contribution in [1.29, 1.82) is 0 Å². The number of hydrogen-bond donors (Lipinski definition) is 0. The normalized spacial score (nSPS) is 25.2. The maximum atomic E-state index is 12.4. The lowest BCUT2D eigenvalue weighted by atomic mass is 9.94. The van der Waals surface area contributed by atoms with E-state index < -0.39 is 62.0 Å². The quantitative estimate of drug-likeness (QED) is 0.120. The van der Waals surface area contributed by atoms with Crippen LogP contribution >= 0.6 is 22.6 Å². The van der Waals surface area contributed by atoms with Gasteiger partial charge < -0.3 is 19.1 Å². The van der Waals surface area contributed by atoms with Crippen LogP contribution in [0.4, 0.5) is 0 Å². The molecule has 0 bridgehead atoms. The third kappa shape index (κ3) is 3.41. The van der Waals surface area contributed by atoms with Crippen LogP contribution in [0.1, 0.15) is 34.1 Å². The highest BCUT2D eigenvalue weighted by atomic mass is 127. The summed E-state index contributed by atoms with van der Waals surface area (Å²) in [4.78, 5) is 48.9. The molecule has 2 aliphatic rings. The Kier molecular flexibility index (Phi) is 5.82. The first-order chi connectivity index (χ1) is 12.3. The van der Waals surface area contributed by atoms with Crippen molar-refractivity contribution in [3.05, 3.63) is 0 Å². The summed E-state index contributed by atoms with van der Waals surface area (Å²) in [6, 6.07) is -1.33. The molecule has 10 nitrogen and oxygen atoms in total. The molecule has 0 radical (unpaired) electrons. The van der Waals surface area contributed by atoms with Gasteiger partial charge in [-0.05, 0) is 50.3 Å². The first kappa shape index (κ1) is 21.9. The summed E-state index contributed by atoms with van der Waals surface area (Å²) in [5, 5.41) is -1.04. The molecule has 27 heavy (non-hydrogen) atoms. The van der Waals surface area contributed by atoms with Gasteiger partial charge in [-0.25, -0.2) is 13.2 Å². The average molecular weight is 517 g/mol. The van der Waals surface area contributed by atoms with E-state index in [2.05, 4.69) is 0 Å². The number of rotatable bonds is 6. The number of hydrogen-bond acceptors (Lipinski definition) is 9. The standard InChI is InChI=1S/C15H20INO9S/c1-14(2,12(20)24-6-16)13(21)26-7-25-11(19)10-15(3,4)27(22,23)9-5-8(18)17(9)10/h9-10H,5-7H2,1-4H3/t9-,10+/m1/s1. The van der Waals surface area contributed by atoms with Crippen LogP contribution in [-0.4, -0.2) is 64.7 Å². The molecular weight excluding hydrogens is 497 g/mol. The smallest absolute Gasteiger partial charge is 0.333 e. The fourth-order valence-electron chi connectivity index (χ4n) is 2.92. The van der Waals surface area contributed by atoms with Gasteiger partial charge in [-0.1, -0.05) is 0 Å². The number of nitrogens with zero attached hydrogens (tertiary/aromatic N) is 1. The number of amides is 1. The monoisotopic (exact) mass is 517 g/mol. The Morgan fingerprint density at radius 2 is 1.74 bits per heavy atom. The molecule has 2 saturated heterocycles. The third-order valence-corrected chi connectivity index (χ3v) is 7.91. The van der Waals surface area contributed by atoms with Gasteiger partial charge in [0.25, 0.3) is 0 Å². The zero-order valence-electron chi connectivity index (χ0n) is 15.2. The molecule has 0 aliphatic carbocycles. The summed E-state index contributed by atoms with van der Waals surface area (Å²) in [5.41, 5.74) is -1.61. The van der Waals surface area contributed by atoms with Crippen molar-refractivity contribution < 1.29 is 41.8 Å². The Hall–Kier alpha value is -1.44. The molecule has 152 valence electrons. The topological polar surface area (TPSA) is 133 Å². The maximum Gasteiger partial charge on any atom is 0.333 e. The van der Waals surface area contributed by atoms with Crippen molar-refractivity contribution in [2.24, 2.45) is 5.41 Å². The number of esters is 3. The van der Waals surface area contributed by atoms with E-state index in [4.69, 9.17) is 14.2 Å². The van der Waals surface area contributed by atoms with Crippen LogP contribution in [0.2, 0.25) is 0 Å². The van der Waals surface area contributed by atoms with Crippen molar-refractivity contribution in [1.82, 2.24) is 4.90 Å². The number of ether oxygens (including phenoxy) is 3. The fourth-order valence-corrected chi connectivity index (χ4v) is 5.33. The number of halogens is 1. The molecule has 1 amide bonds. The molecule has 12 heteroatoms. The van der Waals surface area contributed by atoms with E-state index in [1.807, 2.05) is 0 Å². The molecule has 0 aromatic rings. The Bertz CT molecular complexity index is 789. The first-order valence-corrected chi connectivity index (χ1v) is 11.0. The van der Waals surface area contributed by atoms with E-state index in [-0.39, 0.29) is 11.0 Å². The van der Waals surface area contributed by atoms with Crippen LogP contribution in [0.25, 0.3) is 0 Å². The first-order valence-electron chi connectivity index (χ1n) is 7.91. The molecule has 2 heterocycles. The highest BCUT2D eigenvalue weighted by Crippen LogP contribution is 2.46. The zero-order chi connectivity index (χ0) is 20.8. The van der Waals surface area contributed by atoms with Gasteiger partial charge in [0.1, 0.15) is 16.0 Å². The number of sulfone groups is 1. The van der Waals surface area contributed by atoms with Crippen molar-refractivity contribution in [3.8, 4) is 0 Å². The predicted molar refractivity (Wildman–Crippen MR) is 97.8 cm³/mol. The van der Waals surface area contributed by atoms with Crippen LogP contribution in [-0.2, 0) is 43.2 Å². The molecule has 0 aromatic heterocycles. The van der Waals surface area contributed by atoms with Gasteiger partial charge in [0, 0.05) is 0 Å². The second-order valence-electron chi connectivity index (χ2n) is 7.19. The highest BCUT2D eigenvalue weighted by molar-refractivity contribution is 14.1. The fraction of sp³-hybridized carbons (Fsp3) is 0.733. The molecule has 0 spiro atoms. The number of carbonyl (C=O) groups excluding carboxylic acids is 4.